The standard InChI is InChI=1S/C13H7F2/c1-2-9-3-4-11-8-12(13(14)15)6-5-10(11)7-9/h1,3-8H. The maximum atomic E-state index is 12.3. The van der Waals surface area contributed by atoms with Crippen LogP contribution in [0.2, 0.25) is 0 Å². The van der Waals surface area contributed by atoms with E-state index in [0.29, 0.717) is 0 Å². The molecule has 2 rings (SSSR count). The maximum absolute atomic E-state index is 12.3. The molecule has 0 heterocycles. The summed E-state index contributed by atoms with van der Waals surface area (Å²) in [5.41, 5.74) is 0.705. The first-order chi connectivity index (χ1) is 7.20. The number of benzene rings is 2. The maximum Gasteiger partial charge on any atom is 0.339 e. The molecule has 0 bridgehead atoms. The molecule has 2 aromatic rings. The molecule has 0 nitrogen and oxygen atoms in total. The van der Waals surface area contributed by atoms with E-state index in [9.17, 15) is 8.78 Å². The molecule has 0 spiro atoms. The van der Waals surface area contributed by atoms with E-state index in [4.69, 9.17) is 6.42 Å². The van der Waals surface area contributed by atoms with Crippen LogP contribution in [-0.2, 0) is 0 Å². The highest BCUT2D eigenvalue weighted by Crippen LogP contribution is 2.23. The van der Waals surface area contributed by atoms with Crippen LogP contribution in [0, 0.1) is 18.8 Å². The molecular formula is C13H7F2. The van der Waals surface area contributed by atoms with Crippen LogP contribution >= 0.6 is 0 Å². The van der Waals surface area contributed by atoms with E-state index in [0.717, 1.165) is 16.3 Å². The normalized spacial score (nSPS) is 10.5. The molecule has 0 atom stereocenters. The minimum Gasteiger partial charge on any atom is -0.194 e. The van der Waals surface area contributed by atoms with Crippen molar-refractivity contribution in [3.05, 3.63) is 54.0 Å². The SMILES string of the molecule is C#Cc1ccc2cc([C](F)F)ccc2c1. The largest absolute Gasteiger partial charge is 0.339 e. The lowest BCUT2D eigenvalue weighted by atomic mass is 10.0. The van der Waals surface area contributed by atoms with Gasteiger partial charge >= 0.3 is 6.43 Å². The van der Waals surface area contributed by atoms with Gasteiger partial charge in [-0.25, -0.2) is 0 Å². The van der Waals surface area contributed by atoms with E-state index < -0.39 is 6.43 Å². The average molecular weight is 201 g/mol. The third-order valence-electron chi connectivity index (χ3n) is 2.23. The first-order valence-corrected chi connectivity index (χ1v) is 4.39. The lowest BCUT2D eigenvalue weighted by molar-refractivity contribution is 0.325. The molecule has 2 heteroatoms. The van der Waals surface area contributed by atoms with Gasteiger partial charge in [0.15, 0.2) is 0 Å². The van der Waals surface area contributed by atoms with Crippen molar-refractivity contribution in [3.63, 3.8) is 0 Å². The molecule has 0 saturated carbocycles. The van der Waals surface area contributed by atoms with Crippen LogP contribution in [-0.4, -0.2) is 0 Å². The van der Waals surface area contributed by atoms with Gasteiger partial charge in [-0.2, -0.15) is 8.78 Å². The van der Waals surface area contributed by atoms with Gasteiger partial charge in [-0.05, 0) is 29.0 Å². The third-order valence-corrected chi connectivity index (χ3v) is 2.23. The number of rotatable bonds is 1. The fourth-order valence-corrected chi connectivity index (χ4v) is 1.45. The summed E-state index contributed by atoms with van der Waals surface area (Å²) in [5.74, 6) is 2.50. The fraction of sp³-hybridized carbons (Fsp3) is 0. The predicted molar refractivity (Wildman–Crippen MR) is 56.4 cm³/mol. The van der Waals surface area contributed by atoms with Gasteiger partial charge in [0.05, 0.1) is 0 Å². The topological polar surface area (TPSA) is 0 Å². The van der Waals surface area contributed by atoms with Crippen LogP contribution in [0.1, 0.15) is 11.1 Å². The van der Waals surface area contributed by atoms with E-state index in [1.54, 1.807) is 24.3 Å². The van der Waals surface area contributed by atoms with Gasteiger partial charge in [-0.1, -0.05) is 24.1 Å². The number of halogens is 2. The number of hydrogen-bond donors (Lipinski definition) is 0. The van der Waals surface area contributed by atoms with E-state index in [-0.39, 0.29) is 5.56 Å². The predicted octanol–water partition coefficient (Wildman–Crippen LogP) is 3.60. The first kappa shape index (κ1) is 9.67. The van der Waals surface area contributed by atoms with Gasteiger partial charge in [0.2, 0.25) is 0 Å². The zero-order chi connectivity index (χ0) is 10.8. The van der Waals surface area contributed by atoms with Crippen LogP contribution in [0.25, 0.3) is 10.8 Å². The summed E-state index contributed by atoms with van der Waals surface area (Å²) < 4.78 is 24.6. The summed E-state index contributed by atoms with van der Waals surface area (Å²) >= 11 is 0. The van der Waals surface area contributed by atoms with Crippen molar-refractivity contribution in [2.75, 3.05) is 0 Å². The Morgan fingerprint density at radius 2 is 1.67 bits per heavy atom. The second-order valence-corrected chi connectivity index (χ2v) is 3.18. The molecule has 2 aromatic carbocycles. The van der Waals surface area contributed by atoms with E-state index in [1.165, 1.54) is 12.1 Å². The minimum absolute atomic E-state index is 0.0454. The first-order valence-electron chi connectivity index (χ1n) is 4.39. The monoisotopic (exact) mass is 201 g/mol. The van der Waals surface area contributed by atoms with E-state index in [2.05, 4.69) is 5.92 Å². The Morgan fingerprint density at radius 3 is 2.33 bits per heavy atom. The Bertz CT molecular complexity index is 536. The highest BCUT2D eigenvalue weighted by Gasteiger charge is 2.09. The summed E-state index contributed by atoms with van der Waals surface area (Å²) in [4.78, 5) is 0. The Hall–Kier alpha value is -1.88. The number of hydrogen-bond acceptors (Lipinski definition) is 0. The van der Waals surface area contributed by atoms with Gasteiger partial charge in [0, 0.05) is 11.1 Å². The molecule has 15 heavy (non-hydrogen) atoms. The molecule has 0 amide bonds. The summed E-state index contributed by atoms with van der Waals surface area (Å²) in [5, 5.41) is 1.63. The molecule has 1 radical (unpaired) electrons. The summed E-state index contributed by atoms with van der Waals surface area (Å²) in [7, 11) is 0. The molecular weight excluding hydrogens is 194 g/mol. The lowest BCUT2D eigenvalue weighted by Crippen LogP contribution is -1.85. The Kier molecular flexibility index (Phi) is 2.39. The van der Waals surface area contributed by atoms with Gasteiger partial charge in [0.1, 0.15) is 0 Å². The number of terminal acetylenes is 1. The van der Waals surface area contributed by atoms with Crippen molar-refractivity contribution in [2.24, 2.45) is 0 Å². The molecule has 73 valence electrons. The van der Waals surface area contributed by atoms with Crippen LogP contribution in [0.4, 0.5) is 8.78 Å². The highest BCUT2D eigenvalue weighted by atomic mass is 19.3. The molecule has 0 aliphatic rings. The Balaban J connectivity index is 2.61. The second kappa shape index (κ2) is 3.70. The lowest BCUT2D eigenvalue weighted by Gasteiger charge is -2.02. The van der Waals surface area contributed by atoms with Crippen molar-refractivity contribution in [3.8, 4) is 12.3 Å². The highest BCUT2D eigenvalue weighted by molar-refractivity contribution is 5.84. The molecule has 0 N–H and O–H groups in total. The second-order valence-electron chi connectivity index (χ2n) is 3.18. The van der Waals surface area contributed by atoms with Crippen LogP contribution in [0.3, 0.4) is 0 Å². The zero-order valence-corrected chi connectivity index (χ0v) is 7.80. The molecule has 0 aromatic heterocycles. The summed E-state index contributed by atoms with van der Waals surface area (Å²) in [6, 6.07) is 9.77. The summed E-state index contributed by atoms with van der Waals surface area (Å²) in [6.07, 6.45) is 3.58. The molecule has 0 unspecified atom stereocenters. The fourth-order valence-electron chi connectivity index (χ4n) is 1.45. The van der Waals surface area contributed by atoms with Crippen molar-refractivity contribution < 1.29 is 8.78 Å². The molecule has 0 fully saturated rings. The number of fused-ring (bicyclic) bond motifs is 1. The Labute approximate surface area is 86.5 Å². The molecule has 0 aliphatic carbocycles. The van der Waals surface area contributed by atoms with Crippen LogP contribution in [0.5, 0.6) is 0 Å². The smallest absolute Gasteiger partial charge is 0.194 e. The van der Waals surface area contributed by atoms with Crippen molar-refractivity contribution in [1.29, 1.82) is 0 Å². The Morgan fingerprint density at radius 1 is 1.00 bits per heavy atom. The van der Waals surface area contributed by atoms with Crippen molar-refractivity contribution >= 4 is 10.8 Å². The summed E-state index contributed by atoms with van der Waals surface area (Å²) in [6.45, 7) is 0. The van der Waals surface area contributed by atoms with Crippen molar-refractivity contribution in [2.45, 2.75) is 0 Å². The van der Waals surface area contributed by atoms with Gasteiger partial charge < -0.3 is 0 Å². The van der Waals surface area contributed by atoms with Crippen molar-refractivity contribution in [1.82, 2.24) is 0 Å². The van der Waals surface area contributed by atoms with Gasteiger partial charge in [0.25, 0.3) is 0 Å². The van der Waals surface area contributed by atoms with Crippen LogP contribution in [0.15, 0.2) is 36.4 Å². The minimum atomic E-state index is -1.67. The van der Waals surface area contributed by atoms with E-state index >= 15 is 0 Å². The molecule has 0 saturated heterocycles. The van der Waals surface area contributed by atoms with Gasteiger partial charge in [-0.3, -0.25) is 0 Å². The van der Waals surface area contributed by atoms with Gasteiger partial charge in [-0.15, -0.1) is 6.42 Å². The quantitative estimate of drug-likeness (QED) is 0.618. The van der Waals surface area contributed by atoms with Crippen LogP contribution < -0.4 is 0 Å². The van der Waals surface area contributed by atoms with E-state index in [1.807, 2.05) is 0 Å². The molecule has 0 aliphatic heterocycles. The average Bonchev–Trinajstić information content (AvgIpc) is 2.27. The third kappa shape index (κ3) is 1.82. The zero-order valence-electron chi connectivity index (χ0n) is 7.80.